The standard InChI is InChI=1S/C15H20N6O3/c1-4-14-18-20-15(21(14)16)19-17-9-11-6-7-12(24-10(3)22)13(8-11)23-5-2/h6-9H,4-5,16H2,1-3H3,(H,19,20). The van der Waals surface area contributed by atoms with Crippen LogP contribution in [0.15, 0.2) is 23.3 Å². The maximum absolute atomic E-state index is 11.1. The molecule has 1 heterocycles. The summed E-state index contributed by atoms with van der Waals surface area (Å²) in [5.41, 5.74) is 3.47. The predicted octanol–water partition coefficient (Wildman–Crippen LogP) is 1.32. The minimum atomic E-state index is -0.409. The molecule has 128 valence electrons. The van der Waals surface area contributed by atoms with E-state index in [0.717, 1.165) is 5.56 Å². The molecule has 9 heteroatoms. The number of hydrogen-bond acceptors (Lipinski definition) is 8. The number of carbonyl (C=O) groups excluding carboxylic acids is 1. The van der Waals surface area contributed by atoms with Gasteiger partial charge in [0.25, 0.3) is 5.95 Å². The Labute approximate surface area is 139 Å². The van der Waals surface area contributed by atoms with Gasteiger partial charge < -0.3 is 15.3 Å². The van der Waals surface area contributed by atoms with Crippen molar-refractivity contribution in [3.05, 3.63) is 29.6 Å². The molecule has 1 aromatic carbocycles. The Morgan fingerprint density at radius 2 is 2.17 bits per heavy atom. The first-order chi connectivity index (χ1) is 11.5. The van der Waals surface area contributed by atoms with Crippen molar-refractivity contribution >= 4 is 18.1 Å². The quantitative estimate of drug-likeness (QED) is 0.258. The molecule has 0 bridgehead atoms. The molecule has 0 aliphatic carbocycles. The molecule has 1 aromatic heterocycles. The summed E-state index contributed by atoms with van der Waals surface area (Å²) in [6, 6.07) is 5.11. The first-order valence-corrected chi connectivity index (χ1v) is 7.48. The summed E-state index contributed by atoms with van der Waals surface area (Å²) in [6.45, 7) is 5.56. The third-order valence-corrected chi connectivity index (χ3v) is 2.98. The van der Waals surface area contributed by atoms with E-state index in [1.54, 1.807) is 24.4 Å². The number of aromatic nitrogens is 3. The number of nitrogens with zero attached hydrogens (tertiary/aromatic N) is 4. The molecule has 0 aliphatic heterocycles. The fraction of sp³-hybridized carbons (Fsp3) is 0.333. The second-order valence-corrected chi connectivity index (χ2v) is 4.77. The number of benzene rings is 1. The summed E-state index contributed by atoms with van der Waals surface area (Å²) < 4.78 is 11.9. The number of nitrogen functional groups attached to an aromatic ring is 1. The highest BCUT2D eigenvalue weighted by Crippen LogP contribution is 2.28. The summed E-state index contributed by atoms with van der Waals surface area (Å²) in [6.07, 6.45) is 2.24. The van der Waals surface area contributed by atoms with E-state index in [4.69, 9.17) is 15.3 Å². The van der Waals surface area contributed by atoms with Gasteiger partial charge in [-0.25, -0.2) is 10.1 Å². The zero-order chi connectivity index (χ0) is 17.5. The second-order valence-electron chi connectivity index (χ2n) is 4.77. The normalized spacial score (nSPS) is 10.8. The van der Waals surface area contributed by atoms with Crippen LogP contribution in [0.5, 0.6) is 11.5 Å². The smallest absolute Gasteiger partial charge is 0.308 e. The number of nitrogens with one attached hydrogen (secondary N) is 1. The van der Waals surface area contributed by atoms with Gasteiger partial charge in [0.05, 0.1) is 12.8 Å². The van der Waals surface area contributed by atoms with Crippen LogP contribution in [0.25, 0.3) is 0 Å². The number of carbonyl (C=O) groups is 1. The summed E-state index contributed by atoms with van der Waals surface area (Å²) in [5.74, 6) is 7.22. The van der Waals surface area contributed by atoms with Gasteiger partial charge in [0.15, 0.2) is 17.3 Å². The largest absolute Gasteiger partial charge is 0.490 e. The molecule has 3 N–H and O–H groups in total. The zero-order valence-electron chi connectivity index (χ0n) is 13.8. The number of nitrogens with two attached hydrogens (primary N) is 1. The lowest BCUT2D eigenvalue weighted by molar-refractivity contribution is -0.132. The van der Waals surface area contributed by atoms with Crippen molar-refractivity contribution in [1.82, 2.24) is 14.9 Å². The van der Waals surface area contributed by atoms with Crippen LogP contribution in [0.1, 0.15) is 32.2 Å². The Kier molecular flexibility index (Phi) is 5.72. The number of anilines is 1. The van der Waals surface area contributed by atoms with E-state index in [-0.39, 0.29) is 0 Å². The summed E-state index contributed by atoms with van der Waals surface area (Å²) in [5, 5.41) is 11.9. The van der Waals surface area contributed by atoms with Crippen molar-refractivity contribution in [3.8, 4) is 11.5 Å². The van der Waals surface area contributed by atoms with E-state index in [1.807, 2.05) is 13.8 Å². The van der Waals surface area contributed by atoms with Crippen molar-refractivity contribution in [3.63, 3.8) is 0 Å². The van der Waals surface area contributed by atoms with Crippen molar-refractivity contribution in [2.24, 2.45) is 5.10 Å². The Morgan fingerprint density at radius 1 is 1.38 bits per heavy atom. The van der Waals surface area contributed by atoms with E-state index in [1.165, 1.54) is 11.6 Å². The predicted molar refractivity (Wildman–Crippen MR) is 89.7 cm³/mol. The maximum Gasteiger partial charge on any atom is 0.308 e. The van der Waals surface area contributed by atoms with Crippen LogP contribution in [0, 0.1) is 0 Å². The average Bonchev–Trinajstić information content (AvgIpc) is 2.90. The first kappa shape index (κ1) is 17.3. The molecule has 0 unspecified atom stereocenters. The molecule has 0 atom stereocenters. The lowest BCUT2D eigenvalue weighted by Crippen LogP contribution is -2.14. The molecule has 0 amide bonds. The van der Waals surface area contributed by atoms with Gasteiger partial charge in [0, 0.05) is 13.3 Å². The Morgan fingerprint density at radius 3 is 2.79 bits per heavy atom. The van der Waals surface area contributed by atoms with Crippen molar-refractivity contribution in [2.45, 2.75) is 27.2 Å². The molecule has 0 radical (unpaired) electrons. The molecule has 24 heavy (non-hydrogen) atoms. The number of rotatable bonds is 7. The molecular weight excluding hydrogens is 312 g/mol. The number of hydrogen-bond donors (Lipinski definition) is 2. The van der Waals surface area contributed by atoms with Crippen molar-refractivity contribution < 1.29 is 14.3 Å². The van der Waals surface area contributed by atoms with Crippen LogP contribution in [-0.2, 0) is 11.2 Å². The number of esters is 1. The fourth-order valence-corrected chi connectivity index (χ4v) is 1.92. The fourth-order valence-electron chi connectivity index (χ4n) is 1.92. The van der Waals surface area contributed by atoms with Gasteiger partial charge in [-0.3, -0.25) is 4.79 Å². The molecule has 0 spiro atoms. The molecular formula is C15H20N6O3. The third-order valence-electron chi connectivity index (χ3n) is 2.98. The summed E-state index contributed by atoms with van der Waals surface area (Å²) >= 11 is 0. The van der Waals surface area contributed by atoms with E-state index >= 15 is 0 Å². The number of hydrazone groups is 1. The molecule has 9 nitrogen and oxygen atoms in total. The van der Waals surface area contributed by atoms with Gasteiger partial charge in [-0.05, 0) is 30.7 Å². The van der Waals surface area contributed by atoms with E-state index < -0.39 is 5.97 Å². The third kappa shape index (κ3) is 4.22. The van der Waals surface area contributed by atoms with E-state index in [2.05, 4.69) is 20.7 Å². The minimum Gasteiger partial charge on any atom is -0.490 e. The van der Waals surface area contributed by atoms with Gasteiger partial charge >= 0.3 is 5.97 Å². The lowest BCUT2D eigenvalue weighted by Gasteiger charge is -2.10. The van der Waals surface area contributed by atoms with Crippen molar-refractivity contribution in [1.29, 1.82) is 0 Å². The molecule has 0 saturated carbocycles. The van der Waals surface area contributed by atoms with E-state index in [9.17, 15) is 4.79 Å². The number of ether oxygens (including phenoxy) is 2. The average molecular weight is 332 g/mol. The van der Waals surface area contributed by atoms with E-state index in [0.29, 0.717) is 36.3 Å². The molecule has 0 aliphatic rings. The SMILES string of the molecule is CCOc1cc(C=NNc2nnc(CC)n2N)ccc1OC(C)=O. The van der Waals surface area contributed by atoms with Crippen LogP contribution in [-0.4, -0.2) is 33.7 Å². The number of aryl methyl sites for hydroxylation is 1. The van der Waals surface area contributed by atoms with Crippen molar-refractivity contribution in [2.75, 3.05) is 17.9 Å². The first-order valence-electron chi connectivity index (χ1n) is 7.48. The van der Waals surface area contributed by atoms with Gasteiger partial charge in [0.1, 0.15) is 0 Å². The Bertz CT molecular complexity index is 741. The van der Waals surface area contributed by atoms with Gasteiger partial charge in [0.2, 0.25) is 0 Å². The maximum atomic E-state index is 11.1. The highest BCUT2D eigenvalue weighted by molar-refractivity contribution is 5.82. The van der Waals surface area contributed by atoms with Crippen LogP contribution in [0.2, 0.25) is 0 Å². The second kappa shape index (κ2) is 7.95. The molecule has 0 saturated heterocycles. The van der Waals surface area contributed by atoms with Crippen LogP contribution >= 0.6 is 0 Å². The highest BCUT2D eigenvalue weighted by atomic mass is 16.6. The lowest BCUT2D eigenvalue weighted by atomic mass is 10.2. The summed E-state index contributed by atoms with van der Waals surface area (Å²) in [7, 11) is 0. The Balaban J connectivity index is 2.12. The summed E-state index contributed by atoms with van der Waals surface area (Å²) in [4.78, 5) is 11.1. The van der Waals surface area contributed by atoms with Gasteiger partial charge in [-0.1, -0.05) is 6.92 Å². The Hall–Kier alpha value is -3.10. The van der Waals surface area contributed by atoms with Gasteiger partial charge in [-0.15, -0.1) is 10.2 Å². The zero-order valence-corrected chi connectivity index (χ0v) is 13.8. The minimum absolute atomic E-state index is 0.338. The van der Waals surface area contributed by atoms with Gasteiger partial charge in [-0.2, -0.15) is 5.10 Å². The topological polar surface area (TPSA) is 117 Å². The van der Waals surface area contributed by atoms with Crippen LogP contribution in [0.3, 0.4) is 0 Å². The molecule has 0 fully saturated rings. The molecule has 2 aromatic rings. The monoisotopic (exact) mass is 332 g/mol. The van der Waals surface area contributed by atoms with Crippen LogP contribution < -0.4 is 20.7 Å². The highest BCUT2D eigenvalue weighted by Gasteiger charge is 2.09. The molecule has 2 rings (SSSR count). The van der Waals surface area contributed by atoms with Crippen LogP contribution in [0.4, 0.5) is 5.95 Å².